The minimum absolute atomic E-state index is 0.0738. The summed E-state index contributed by atoms with van der Waals surface area (Å²) in [6.45, 7) is 4.88. The molecule has 0 aromatic heterocycles. The highest BCUT2D eigenvalue weighted by molar-refractivity contribution is 7.89. The molecule has 7 heteroatoms. The lowest BCUT2D eigenvalue weighted by Crippen LogP contribution is -2.49. The predicted molar refractivity (Wildman–Crippen MR) is 99.4 cm³/mol. The zero-order valence-electron chi connectivity index (χ0n) is 15.1. The molecule has 2 aliphatic carbocycles. The number of amides is 1. The van der Waals surface area contributed by atoms with Gasteiger partial charge in [-0.05, 0) is 55.7 Å². The first-order chi connectivity index (χ1) is 12.5. The van der Waals surface area contributed by atoms with Crippen LogP contribution in [0.1, 0.15) is 36.0 Å². The minimum atomic E-state index is -3.55. The van der Waals surface area contributed by atoms with Crippen molar-refractivity contribution >= 4 is 15.9 Å². The fraction of sp³-hybridized carbons (Fsp3) is 0.632. The molecule has 2 saturated carbocycles. The van der Waals surface area contributed by atoms with Crippen LogP contribution in [-0.2, 0) is 10.0 Å². The third-order valence-electron chi connectivity index (χ3n) is 5.52. The third-order valence-corrected chi connectivity index (χ3v) is 6.94. The first kappa shape index (κ1) is 17.9. The van der Waals surface area contributed by atoms with E-state index < -0.39 is 10.0 Å². The number of carbonyl (C=O) groups is 1. The Bertz CT molecular complexity index is 764. The van der Waals surface area contributed by atoms with Gasteiger partial charge < -0.3 is 4.90 Å². The van der Waals surface area contributed by atoms with Crippen molar-refractivity contribution in [1.29, 1.82) is 0 Å². The molecule has 0 bridgehead atoms. The van der Waals surface area contributed by atoms with Crippen molar-refractivity contribution in [1.82, 2.24) is 14.5 Å². The van der Waals surface area contributed by atoms with Gasteiger partial charge in [0.1, 0.15) is 0 Å². The number of nitrogens with zero attached hydrogens (tertiary/aromatic N) is 2. The van der Waals surface area contributed by atoms with Gasteiger partial charge in [0.25, 0.3) is 5.91 Å². The Hall–Kier alpha value is -1.44. The monoisotopic (exact) mass is 377 g/mol. The summed E-state index contributed by atoms with van der Waals surface area (Å²) in [5, 5.41) is 0. The van der Waals surface area contributed by atoms with Crippen LogP contribution in [0.4, 0.5) is 0 Å². The van der Waals surface area contributed by atoms with Gasteiger partial charge in [0.15, 0.2) is 0 Å². The van der Waals surface area contributed by atoms with Crippen molar-refractivity contribution < 1.29 is 13.2 Å². The summed E-state index contributed by atoms with van der Waals surface area (Å²) in [6.07, 6.45) is 4.87. The van der Waals surface area contributed by atoms with Gasteiger partial charge in [-0.1, -0.05) is 6.07 Å². The highest BCUT2D eigenvalue weighted by Crippen LogP contribution is 2.30. The quantitative estimate of drug-likeness (QED) is 0.783. The highest BCUT2D eigenvalue weighted by Gasteiger charge is 2.28. The summed E-state index contributed by atoms with van der Waals surface area (Å²) in [4.78, 5) is 17.2. The summed E-state index contributed by atoms with van der Waals surface area (Å²) in [5.74, 6) is 1.26. The van der Waals surface area contributed by atoms with E-state index in [2.05, 4.69) is 9.62 Å². The predicted octanol–water partition coefficient (Wildman–Crippen LogP) is 1.54. The molecule has 0 spiro atoms. The van der Waals surface area contributed by atoms with Gasteiger partial charge in [0.05, 0.1) is 4.90 Å². The number of piperazine rings is 1. The Balaban J connectivity index is 1.38. The van der Waals surface area contributed by atoms with E-state index in [1.165, 1.54) is 18.9 Å². The number of hydrogen-bond donors (Lipinski definition) is 1. The van der Waals surface area contributed by atoms with Crippen LogP contribution in [0.15, 0.2) is 29.2 Å². The van der Waals surface area contributed by atoms with Crippen molar-refractivity contribution in [2.75, 3.05) is 39.3 Å². The molecule has 26 heavy (non-hydrogen) atoms. The lowest BCUT2D eigenvalue weighted by atomic mass is 10.2. The Morgan fingerprint density at radius 3 is 2.38 bits per heavy atom. The summed E-state index contributed by atoms with van der Waals surface area (Å²) < 4.78 is 27.5. The number of rotatable bonds is 7. The number of carbonyl (C=O) groups excluding carboxylic acids is 1. The van der Waals surface area contributed by atoms with Crippen LogP contribution in [0, 0.1) is 11.8 Å². The molecule has 1 heterocycles. The first-order valence-corrected chi connectivity index (χ1v) is 11.1. The second-order valence-corrected chi connectivity index (χ2v) is 9.63. The molecule has 0 atom stereocenters. The molecule has 1 N–H and O–H groups in total. The van der Waals surface area contributed by atoms with E-state index in [9.17, 15) is 13.2 Å². The summed E-state index contributed by atoms with van der Waals surface area (Å²) in [7, 11) is -3.55. The van der Waals surface area contributed by atoms with E-state index >= 15 is 0 Å². The van der Waals surface area contributed by atoms with E-state index in [1.54, 1.807) is 18.2 Å². The smallest absolute Gasteiger partial charge is 0.253 e. The normalized spacial score (nSPS) is 21.8. The highest BCUT2D eigenvalue weighted by atomic mass is 32.2. The van der Waals surface area contributed by atoms with Gasteiger partial charge in [-0.25, -0.2) is 13.1 Å². The molecule has 6 nitrogen and oxygen atoms in total. The standard InChI is InChI=1S/C19H27N3O3S/c23-19(22-10-8-21(9-11-22)14-16-6-7-16)17-2-1-3-18(12-17)26(24,25)20-13-15-4-5-15/h1-3,12,15-16,20H,4-11,13-14H2. The van der Waals surface area contributed by atoms with Crippen molar-refractivity contribution in [2.24, 2.45) is 11.8 Å². The summed E-state index contributed by atoms with van der Waals surface area (Å²) in [5.41, 5.74) is 0.454. The SMILES string of the molecule is O=C(c1cccc(S(=O)(=O)NCC2CC2)c1)N1CCN(CC2CC2)CC1. The first-order valence-electron chi connectivity index (χ1n) is 9.62. The molecular weight excluding hydrogens is 350 g/mol. The van der Waals surface area contributed by atoms with Gasteiger partial charge >= 0.3 is 0 Å². The Morgan fingerprint density at radius 2 is 1.73 bits per heavy atom. The number of benzene rings is 1. The van der Waals surface area contributed by atoms with Crippen molar-refractivity contribution in [3.8, 4) is 0 Å². The van der Waals surface area contributed by atoms with E-state index in [0.29, 0.717) is 31.1 Å². The van der Waals surface area contributed by atoms with Crippen molar-refractivity contribution in [2.45, 2.75) is 30.6 Å². The molecule has 1 aliphatic heterocycles. The van der Waals surface area contributed by atoms with E-state index in [1.807, 2.05) is 4.90 Å². The van der Waals surface area contributed by atoms with Crippen molar-refractivity contribution in [3.05, 3.63) is 29.8 Å². The van der Waals surface area contributed by atoms with Gasteiger partial charge in [-0.3, -0.25) is 9.69 Å². The van der Waals surface area contributed by atoms with Crippen LogP contribution in [0.3, 0.4) is 0 Å². The molecular formula is C19H27N3O3S. The molecule has 142 valence electrons. The van der Waals surface area contributed by atoms with Crippen LogP contribution in [0.5, 0.6) is 0 Å². The van der Waals surface area contributed by atoms with Gasteiger partial charge in [-0.2, -0.15) is 0 Å². The fourth-order valence-corrected chi connectivity index (χ4v) is 4.57. The fourth-order valence-electron chi connectivity index (χ4n) is 3.41. The van der Waals surface area contributed by atoms with E-state index in [4.69, 9.17) is 0 Å². The zero-order chi connectivity index (χ0) is 18.1. The Kier molecular flexibility index (Phi) is 5.03. The van der Waals surface area contributed by atoms with Crippen LogP contribution >= 0.6 is 0 Å². The Labute approximate surface area is 155 Å². The molecule has 3 fully saturated rings. The number of nitrogens with one attached hydrogen (secondary N) is 1. The maximum atomic E-state index is 12.8. The topological polar surface area (TPSA) is 69.7 Å². The molecule has 1 saturated heterocycles. The van der Waals surface area contributed by atoms with Crippen LogP contribution in [0.25, 0.3) is 0 Å². The van der Waals surface area contributed by atoms with Gasteiger partial charge in [-0.15, -0.1) is 0 Å². The lowest BCUT2D eigenvalue weighted by Gasteiger charge is -2.34. The van der Waals surface area contributed by atoms with E-state index in [0.717, 1.165) is 38.4 Å². The van der Waals surface area contributed by atoms with Gasteiger partial charge in [0.2, 0.25) is 10.0 Å². The van der Waals surface area contributed by atoms with E-state index in [-0.39, 0.29) is 10.8 Å². The second kappa shape index (κ2) is 7.29. The molecule has 0 unspecified atom stereocenters. The molecule has 1 amide bonds. The third kappa shape index (κ3) is 4.45. The molecule has 0 radical (unpaired) electrons. The average Bonchev–Trinajstić information content (AvgIpc) is 3.55. The van der Waals surface area contributed by atoms with Crippen LogP contribution in [0.2, 0.25) is 0 Å². The zero-order valence-corrected chi connectivity index (χ0v) is 15.9. The van der Waals surface area contributed by atoms with Gasteiger partial charge in [0, 0.05) is 44.8 Å². The Morgan fingerprint density at radius 1 is 1.04 bits per heavy atom. The maximum Gasteiger partial charge on any atom is 0.253 e. The average molecular weight is 378 g/mol. The minimum Gasteiger partial charge on any atom is -0.336 e. The number of sulfonamides is 1. The molecule has 1 aromatic rings. The van der Waals surface area contributed by atoms with Crippen LogP contribution in [-0.4, -0.2) is 63.4 Å². The second-order valence-electron chi connectivity index (χ2n) is 7.86. The van der Waals surface area contributed by atoms with Crippen LogP contribution < -0.4 is 4.72 Å². The summed E-state index contributed by atoms with van der Waals surface area (Å²) in [6, 6.07) is 6.43. The largest absolute Gasteiger partial charge is 0.336 e. The molecule has 3 aliphatic rings. The van der Waals surface area contributed by atoms with Crippen molar-refractivity contribution in [3.63, 3.8) is 0 Å². The lowest BCUT2D eigenvalue weighted by molar-refractivity contribution is 0.0632. The summed E-state index contributed by atoms with van der Waals surface area (Å²) >= 11 is 0. The maximum absolute atomic E-state index is 12.8. The molecule has 1 aromatic carbocycles. The number of hydrogen-bond acceptors (Lipinski definition) is 4. The molecule has 4 rings (SSSR count).